The highest BCUT2D eigenvalue weighted by Gasteiger charge is 2.15. The van der Waals surface area contributed by atoms with Crippen molar-refractivity contribution in [2.75, 3.05) is 13.2 Å². The number of aromatic nitrogens is 1. The number of unbranched alkanes of at least 4 members (excludes halogenated alkanes) is 1. The largest absolute Gasteiger partial charge is 0.396 e. The van der Waals surface area contributed by atoms with Gasteiger partial charge in [-0.2, -0.15) is 0 Å². The van der Waals surface area contributed by atoms with Crippen LogP contribution >= 0.6 is 11.3 Å². The van der Waals surface area contributed by atoms with Crippen molar-refractivity contribution in [3.63, 3.8) is 0 Å². The van der Waals surface area contributed by atoms with Crippen molar-refractivity contribution >= 4 is 21.4 Å². The van der Waals surface area contributed by atoms with Gasteiger partial charge in [0.15, 0.2) is 4.21 Å². The zero-order valence-electron chi connectivity index (χ0n) is 8.43. The van der Waals surface area contributed by atoms with E-state index in [-0.39, 0.29) is 10.8 Å². The third-order valence-electron chi connectivity index (χ3n) is 1.74. The van der Waals surface area contributed by atoms with Gasteiger partial charge in [-0.1, -0.05) is 0 Å². The molecule has 5 nitrogen and oxygen atoms in total. The number of aliphatic hydroxyl groups is 1. The molecule has 0 amide bonds. The topological polar surface area (TPSA) is 79.3 Å². The molecule has 0 saturated heterocycles. The lowest BCUT2D eigenvalue weighted by Gasteiger charge is -2.02. The SMILES string of the molecule is Cc1ncc(S(=O)(=O)NCCCCO)s1. The van der Waals surface area contributed by atoms with Crippen molar-refractivity contribution in [3.05, 3.63) is 11.2 Å². The smallest absolute Gasteiger partial charge is 0.251 e. The van der Waals surface area contributed by atoms with E-state index in [9.17, 15) is 8.42 Å². The number of nitrogens with one attached hydrogen (secondary N) is 1. The van der Waals surface area contributed by atoms with Crippen molar-refractivity contribution in [3.8, 4) is 0 Å². The Kier molecular flexibility index (Phi) is 4.65. The van der Waals surface area contributed by atoms with E-state index in [0.29, 0.717) is 19.4 Å². The molecule has 15 heavy (non-hydrogen) atoms. The van der Waals surface area contributed by atoms with Crippen molar-refractivity contribution in [1.82, 2.24) is 9.71 Å². The van der Waals surface area contributed by atoms with Crippen LogP contribution in [0.15, 0.2) is 10.4 Å². The number of aliphatic hydroxyl groups excluding tert-OH is 1. The van der Waals surface area contributed by atoms with E-state index in [2.05, 4.69) is 9.71 Å². The Hall–Kier alpha value is -0.500. The Morgan fingerprint density at radius 3 is 2.80 bits per heavy atom. The molecule has 0 atom stereocenters. The summed E-state index contributed by atoms with van der Waals surface area (Å²) in [5, 5.41) is 9.26. The lowest BCUT2D eigenvalue weighted by Crippen LogP contribution is -2.24. The molecule has 0 spiro atoms. The molecule has 0 aliphatic rings. The Morgan fingerprint density at radius 1 is 1.53 bits per heavy atom. The van der Waals surface area contributed by atoms with Crippen LogP contribution in [-0.2, 0) is 10.0 Å². The minimum absolute atomic E-state index is 0.0847. The molecule has 0 unspecified atom stereocenters. The Morgan fingerprint density at radius 2 is 2.27 bits per heavy atom. The lowest BCUT2D eigenvalue weighted by atomic mass is 10.3. The van der Waals surface area contributed by atoms with Crippen LogP contribution in [0.3, 0.4) is 0 Å². The van der Waals surface area contributed by atoms with Crippen LogP contribution in [0.25, 0.3) is 0 Å². The Labute approximate surface area is 93.2 Å². The van der Waals surface area contributed by atoms with E-state index >= 15 is 0 Å². The minimum atomic E-state index is -3.40. The van der Waals surface area contributed by atoms with E-state index in [1.54, 1.807) is 6.92 Å². The standard InChI is InChI=1S/C8H14N2O3S2/c1-7-9-6-8(14-7)15(12,13)10-4-2-3-5-11/h6,10-11H,2-5H2,1H3. The molecule has 1 heterocycles. The molecular weight excluding hydrogens is 236 g/mol. The van der Waals surface area contributed by atoms with Gasteiger partial charge in [0.25, 0.3) is 10.0 Å². The summed E-state index contributed by atoms with van der Waals surface area (Å²) in [6.45, 7) is 2.19. The van der Waals surface area contributed by atoms with Gasteiger partial charge in [-0.25, -0.2) is 18.1 Å². The third kappa shape index (κ3) is 3.86. The number of thiazole rings is 1. The lowest BCUT2D eigenvalue weighted by molar-refractivity contribution is 0.285. The molecular formula is C8H14N2O3S2. The van der Waals surface area contributed by atoms with Gasteiger partial charge < -0.3 is 5.11 Å². The van der Waals surface area contributed by atoms with Gasteiger partial charge in [-0.05, 0) is 19.8 Å². The molecule has 0 fully saturated rings. The fraction of sp³-hybridized carbons (Fsp3) is 0.625. The Balaban J connectivity index is 2.53. The highest BCUT2D eigenvalue weighted by atomic mass is 32.2. The zero-order valence-corrected chi connectivity index (χ0v) is 10.1. The predicted molar refractivity (Wildman–Crippen MR) is 58.4 cm³/mol. The van der Waals surface area contributed by atoms with Gasteiger partial charge in [0, 0.05) is 13.2 Å². The maximum absolute atomic E-state index is 11.6. The van der Waals surface area contributed by atoms with Crippen LogP contribution in [0, 0.1) is 6.92 Å². The van der Waals surface area contributed by atoms with Crippen LogP contribution in [0.4, 0.5) is 0 Å². The van der Waals surface area contributed by atoms with Gasteiger partial charge in [0.2, 0.25) is 0 Å². The summed E-state index contributed by atoms with van der Waals surface area (Å²) in [6.07, 6.45) is 2.59. The zero-order chi connectivity index (χ0) is 11.3. The molecule has 86 valence electrons. The van der Waals surface area contributed by atoms with E-state index in [1.165, 1.54) is 6.20 Å². The number of nitrogens with zero attached hydrogens (tertiary/aromatic N) is 1. The van der Waals surface area contributed by atoms with Gasteiger partial charge in [0.1, 0.15) is 0 Å². The van der Waals surface area contributed by atoms with Crippen LogP contribution in [0.1, 0.15) is 17.8 Å². The summed E-state index contributed by atoms with van der Waals surface area (Å²) in [4.78, 5) is 3.89. The van der Waals surface area contributed by atoms with E-state index < -0.39 is 10.0 Å². The first-order valence-electron chi connectivity index (χ1n) is 4.59. The van der Waals surface area contributed by atoms with E-state index in [1.807, 2.05) is 0 Å². The number of hydrogen-bond donors (Lipinski definition) is 2. The second kappa shape index (κ2) is 5.55. The summed E-state index contributed by atoms with van der Waals surface area (Å²) in [6, 6.07) is 0. The molecule has 1 aromatic heterocycles. The molecule has 0 saturated carbocycles. The van der Waals surface area contributed by atoms with Crippen molar-refractivity contribution < 1.29 is 13.5 Å². The molecule has 0 aliphatic heterocycles. The third-order valence-corrected chi connectivity index (χ3v) is 4.58. The first-order chi connectivity index (χ1) is 7.06. The average Bonchev–Trinajstić information content (AvgIpc) is 2.60. The quantitative estimate of drug-likeness (QED) is 0.721. The predicted octanol–water partition coefficient (Wildman–Crippen LogP) is 0.502. The summed E-state index contributed by atoms with van der Waals surface area (Å²) >= 11 is 1.15. The number of hydrogen-bond acceptors (Lipinski definition) is 5. The highest BCUT2D eigenvalue weighted by Crippen LogP contribution is 2.17. The first-order valence-corrected chi connectivity index (χ1v) is 6.89. The minimum Gasteiger partial charge on any atom is -0.396 e. The molecule has 7 heteroatoms. The van der Waals surface area contributed by atoms with Crippen molar-refractivity contribution in [2.24, 2.45) is 0 Å². The molecule has 1 rings (SSSR count). The molecule has 0 aromatic carbocycles. The van der Waals surface area contributed by atoms with Crippen LogP contribution in [0.5, 0.6) is 0 Å². The maximum atomic E-state index is 11.6. The molecule has 0 radical (unpaired) electrons. The number of sulfonamides is 1. The van der Waals surface area contributed by atoms with E-state index in [0.717, 1.165) is 16.3 Å². The summed E-state index contributed by atoms with van der Waals surface area (Å²) in [7, 11) is -3.40. The van der Waals surface area contributed by atoms with Crippen LogP contribution in [0.2, 0.25) is 0 Å². The second-order valence-electron chi connectivity index (χ2n) is 3.03. The van der Waals surface area contributed by atoms with E-state index in [4.69, 9.17) is 5.11 Å². The summed E-state index contributed by atoms with van der Waals surface area (Å²) in [5.41, 5.74) is 0. The fourth-order valence-corrected chi connectivity index (χ4v) is 3.21. The van der Waals surface area contributed by atoms with Crippen molar-refractivity contribution in [2.45, 2.75) is 24.0 Å². The first kappa shape index (κ1) is 12.6. The summed E-state index contributed by atoms with van der Waals surface area (Å²) in [5.74, 6) is 0. The van der Waals surface area contributed by atoms with Gasteiger partial charge in [-0.3, -0.25) is 0 Å². The fourth-order valence-electron chi connectivity index (χ4n) is 0.981. The summed E-state index contributed by atoms with van der Waals surface area (Å²) < 4.78 is 25.9. The van der Waals surface area contributed by atoms with Gasteiger partial charge in [-0.15, -0.1) is 11.3 Å². The number of rotatable bonds is 6. The number of aryl methyl sites for hydroxylation is 1. The molecule has 0 aliphatic carbocycles. The molecule has 1 aromatic rings. The second-order valence-corrected chi connectivity index (χ2v) is 6.26. The van der Waals surface area contributed by atoms with Gasteiger partial charge >= 0.3 is 0 Å². The van der Waals surface area contributed by atoms with Gasteiger partial charge in [0.05, 0.1) is 11.2 Å². The normalized spacial score (nSPS) is 11.9. The molecule has 2 N–H and O–H groups in total. The van der Waals surface area contributed by atoms with Crippen molar-refractivity contribution in [1.29, 1.82) is 0 Å². The Bertz CT molecular complexity index is 400. The monoisotopic (exact) mass is 250 g/mol. The van der Waals surface area contributed by atoms with Crippen LogP contribution < -0.4 is 4.72 Å². The highest BCUT2D eigenvalue weighted by molar-refractivity contribution is 7.91. The average molecular weight is 250 g/mol. The van der Waals surface area contributed by atoms with Crippen LogP contribution in [-0.4, -0.2) is 31.7 Å². The maximum Gasteiger partial charge on any atom is 0.251 e. The molecule has 0 bridgehead atoms.